The van der Waals surface area contributed by atoms with Gasteiger partial charge in [0.2, 0.25) is 0 Å². The van der Waals surface area contributed by atoms with Gasteiger partial charge >= 0.3 is 0 Å². The lowest BCUT2D eigenvalue weighted by molar-refractivity contribution is 0.867. The van der Waals surface area contributed by atoms with E-state index >= 15 is 0 Å². The van der Waals surface area contributed by atoms with Gasteiger partial charge in [-0.15, -0.1) is 0 Å². The third-order valence-corrected chi connectivity index (χ3v) is 2.98. The van der Waals surface area contributed by atoms with E-state index in [2.05, 4.69) is 64.3 Å². The molecule has 0 unspecified atom stereocenters. The molecule has 17 heavy (non-hydrogen) atoms. The normalized spacial score (nSPS) is 10.6. The van der Waals surface area contributed by atoms with E-state index in [1.807, 2.05) is 18.2 Å². The first-order chi connectivity index (χ1) is 8.15. The van der Waals surface area contributed by atoms with Crippen LogP contribution < -0.4 is 5.32 Å². The SMILES string of the molecule is CC(C)c1cccc(Nc2cccc(Br)n2)c1. The van der Waals surface area contributed by atoms with E-state index in [9.17, 15) is 0 Å². The van der Waals surface area contributed by atoms with Crippen LogP contribution in [0, 0.1) is 0 Å². The molecule has 1 aromatic heterocycles. The van der Waals surface area contributed by atoms with Crippen molar-refractivity contribution in [3.8, 4) is 0 Å². The molecular weight excluding hydrogens is 276 g/mol. The number of aromatic nitrogens is 1. The first-order valence-corrected chi connectivity index (χ1v) is 6.44. The van der Waals surface area contributed by atoms with Crippen molar-refractivity contribution in [2.45, 2.75) is 19.8 Å². The van der Waals surface area contributed by atoms with Gasteiger partial charge in [-0.2, -0.15) is 0 Å². The second-order valence-electron chi connectivity index (χ2n) is 4.25. The summed E-state index contributed by atoms with van der Waals surface area (Å²) in [5, 5.41) is 3.30. The minimum Gasteiger partial charge on any atom is -0.340 e. The molecule has 0 radical (unpaired) electrons. The predicted molar refractivity (Wildman–Crippen MR) is 75.8 cm³/mol. The second kappa shape index (κ2) is 5.32. The molecule has 0 aliphatic heterocycles. The average Bonchev–Trinajstić information content (AvgIpc) is 2.29. The van der Waals surface area contributed by atoms with Gasteiger partial charge in [0.05, 0.1) is 0 Å². The molecule has 0 spiro atoms. The number of nitrogens with zero attached hydrogens (tertiary/aromatic N) is 1. The molecule has 2 nitrogen and oxygen atoms in total. The highest BCUT2D eigenvalue weighted by Crippen LogP contribution is 2.21. The van der Waals surface area contributed by atoms with E-state index in [1.165, 1.54) is 5.56 Å². The summed E-state index contributed by atoms with van der Waals surface area (Å²) in [5.41, 5.74) is 2.40. The zero-order valence-electron chi connectivity index (χ0n) is 9.94. The van der Waals surface area contributed by atoms with Gasteiger partial charge in [0, 0.05) is 5.69 Å². The Morgan fingerprint density at radius 1 is 1.12 bits per heavy atom. The van der Waals surface area contributed by atoms with Crippen LogP contribution in [0.15, 0.2) is 47.1 Å². The molecule has 0 amide bonds. The number of anilines is 2. The molecule has 0 bridgehead atoms. The maximum absolute atomic E-state index is 4.35. The van der Waals surface area contributed by atoms with Gasteiger partial charge in [-0.3, -0.25) is 0 Å². The number of hydrogen-bond donors (Lipinski definition) is 1. The quantitative estimate of drug-likeness (QED) is 0.828. The zero-order valence-corrected chi connectivity index (χ0v) is 11.5. The Labute approximate surface area is 110 Å². The molecule has 0 saturated carbocycles. The smallest absolute Gasteiger partial charge is 0.131 e. The van der Waals surface area contributed by atoms with Crippen molar-refractivity contribution in [2.75, 3.05) is 5.32 Å². The molecule has 1 heterocycles. The molecular formula is C14H15BrN2. The summed E-state index contributed by atoms with van der Waals surface area (Å²) in [6, 6.07) is 14.2. The first kappa shape index (κ1) is 12.1. The fourth-order valence-corrected chi connectivity index (χ4v) is 1.94. The number of pyridine rings is 1. The molecule has 3 heteroatoms. The Kier molecular flexibility index (Phi) is 3.79. The lowest BCUT2D eigenvalue weighted by Gasteiger charge is -2.09. The molecule has 1 aromatic carbocycles. The Bertz CT molecular complexity index is 509. The Hall–Kier alpha value is -1.35. The fraction of sp³-hybridized carbons (Fsp3) is 0.214. The van der Waals surface area contributed by atoms with Crippen molar-refractivity contribution >= 4 is 27.4 Å². The van der Waals surface area contributed by atoms with E-state index in [-0.39, 0.29) is 0 Å². The lowest BCUT2D eigenvalue weighted by Crippen LogP contribution is -1.95. The molecule has 1 N–H and O–H groups in total. The molecule has 0 atom stereocenters. The van der Waals surface area contributed by atoms with Crippen LogP contribution in [-0.4, -0.2) is 4.98 Å². The molecule has 0 fully saturated rings. The maximum Gasteiger partial charge on any atom is 0.131 e. The molecule has 2 rings (SSSR count). The summed E-state index contributed by atoms with van der Waals surface area (Å²) in [7, 11) is 0. The van der Waals surface area contributed by atoms with Crippen LogP contribution in [0.2, 0.25) is 0 Å². The molecule has 2 aromatic rings. The minimum absolute atomic E-state index is 0.534. The topological polar surface area (TPSA) is 24.9 Å². The number of rotatable bonds is 3. The lowest BCUT2D eigenvalue weighted by atomic mass is 10.0. The van der Waals surface area contributed by atoms with Crippen molar-refractivity contribution in [2.24, 2.45) is 0 Å². The van der Waals surface area contributed by atoms with Crippen LogP contribution in [0.1, 0.15) is 25.3 Å². The van der Waals surface area contributed by atoms with Crippen LogP contribution >= 0.6 is 15.9 Å². The maximum atomic E-state index is 4.35. The number of benzene rings is 1. The van der Waals surface area contributed by atoms with Crippen molar-refractivity contribution in [3.63, 3.8) is 0 Å². The van der Waals surface area contributed by atoms with Gasteiger partial charge in [-0.25, -0.2) is 4.98 Å². The highest BCUT2D eigenvalue weighted by atomic mass is 79.9. The van der Waals surface area contributed by atoms with Crippen LogP contribution in [-0.2, 0) is 0 Å². The summed E-state index contributed by atoms with van der Waals surface area (Å²) < 4.78 is 0.836. The van der Waals surface area contributed by atoms with Crippen molar-refractivity contribution in [1.29, 1.82) is 0 Å². The van der Waals surface area contributed by atoms with Gasteiger partial charge in [0.1, 0.15) is 10.4 Å². The Morgan fingerprint density at radius 2 is 1.88 bits per heavy atom. The van der Waals surface area contributed by atoms with Gasteiger partial charge in [-0.05, 0) is 51.7 Å². The van der Waals surface area contributed by atoms with Gasteiger partial charge in [-0.1, -0.05) is 32.0 Å². The highest BCUT2D eigenvalue weighted by Gasteiger charge is 2.01. The summed E-state index contributed by atoms with van der Waals surface area (Å²) in [5.74, 6) is 1.38. The monoisotopic (exact) mass is 290 g/mol. The minimum atomic E-state index is 0.534. The third-order valence-electron chi connectivity index (χ3n) is 2.54. The highest BCUT2D eigenvalue weighted by molar-refractivity contribution is 9.10. The Morgan fingerprint density at radius 3 is 2.59 bits per heavy atom. The third kappa shape index (κ3) is 3.30. The van der Waals surface area contributed by atoms with Gasteiger partial charge in [0.15, 0.2) is 0 Å². The average molecular weight is 291 g/mol. The summed E-state index contributed by atoms with van der Waals surface area (Å²) in [6.07, 6.45) is 0. The number of halogens is 1. The summed E-state index contributed by atoms with van der Waals surface area (Å²) in [4.78, 5) is 4.35. The second-order valence-corrected chi connectivity index (χ2v) is 5.06. The van der Waals surface area contributed by atoms with Crippen LogP contribution in [0.3, 0.4) is 0 Å². The molecule has 0 saturated heterocycles. The van der Waals surface area contributed by atoms with Crippen molar-refractivity contribution in [3.05, 3.63) is 52.6 Å². The van der Waals surface area contributed by atoms with Gasteiger partial charge < -0.3 is 5.32 Å². The Balaban J connectivity index is 2.21. The van der Waals surface area contributed by atoms with E-state index in [0.717, 1.165) is 16.1 Å². The predicted octanol–water partition coefficient (Wildman–Crippen LogP) is 4.71. The van der Waals surface area contributed by atoms with Gasteiger partial charge in [0.25, 0.3) is 0 Å². The largest absolute Gasteiger partial charge is 0.340 e. The van der Waals surface area contributed by atoms with E-state index in [4.69, 9.17) is 0 Å². The number of hydrogen-bond acceptors (Lipinski definition) is 2. The number of nitrogens with one attached hydrogen (secondary N) is 1. The molecule has 88 valence electrons. The standard InChI is InChI=1S/C14H15BrN2/c1-10(2)11-5-3-6-12(9-11)16-14-8-4-7-13(15)17-14/h3-10H,1-2H3,(H,16,17). The summed E-state index contributed by atoms with van der Waals surface area (Å²) in [6.45, 7) is 4.38. The van der Waals surface area contributed by atoms with Crippen LogP contribution in [0.5, 0.6) is 0 Å². The van der Waals surface area contributed by atoms with E-state index in [0.29, 0.717) is 5.92 Å². The van der Waals surface area contributed by atoms with Crippen LogP contribution in [0.25, 0.3) is 0 Å². The van der Waals surface area contributed by atoms with E-state index in [1.54, 1.807) is 0 Å². The summed E-state index contributed by atoms with van der Waals surface area (Å²) >= 11 is 3.36. The fourth-order valence-electron chi connectivity index (χ4n) is 1.60. The van der Waals surface area contributed by atoms with Crippen LogP contribution in [0.4, 0.5) is 11.5 Å². The zero-order chi connectivity index (χ0) is 12.3. The first-order valence-electron chi connectivity index (χ1n) is 5.64. The van der Waals surface area contributed by atoms with Crippen molar-refractivity contribution < 1.29 is 0 Å². The molecule has 0 aliphatic carbocycles. The molecule has 0 aliphatic rings. The van der Waals surface area contributed by atoms with Crippen molar-refractivity contribution in [1.82, 2.24) is 4.98 Å². The van der Waals surface area contributed by atoms with E-state index < -0.39 is 0 Å².